The molecule has 15 heavy (non-hydrogen) atoms. The maximum Gasteiger partial charge on any atom is 0.233 e. The number of Topliss-reactive ketones (excluding diaryl/α,β-unsaturated/α-hetero) is 1. The van der Waals surface area contributed by atoms with Crippen LogP contribution in [0.3, 0.4) is 0 Å². The van der Waals surface area contributed by atoms with E-state index in [1.165, 1.54) is 0 Å². The summed E-state index contributed by atoms with van der Waals surface area (Å²) < 4.78 is 0. The molecule has 0 aromatic heterocycles. The number of nitrogens with two attached hydrogens (primary N) is 1. The van der Waals surface area contributed by atoms with E-state index < -0.39 is 0 Å². The average molecular weight is 210 g/mol. The second-order valence-corrected chi connectivity index (χ2v) is 4.75. The van der Waals surface area contributed by atoms with E-state index in [0.717, 1.165) is 38.5 Å². The number of amides is 1. The lowest BCUT2D eigenvalue weighted by atomic mass is 9.59. The molecule has 0 saturated heterocycles. The molecule has 2 rings (SSSR count). The van der Waals surface area contributed by atoms with Crippen molar-refractivity contribution >= 4 is 11.7 Å². The summed E-state index contributed by atoms with van der Waals surface area (Å²) in [7, 11) is 0. The SMILES string of the molecule is NCC(=O)NC1CCC2(CCC2=O)CC1. The van der Waals surface area contributed by atoms with Crippen molar-refractivity contribution in [2.45, 2.75) is 44.6 Å². The summed E-state index contributed by atoms with van der Waals surface area (Å²) in [5.41, 5.74) is 5.24. The van der Waals surface area contributed by atoms with E-state index in [0.29, 0.717) is 5.78 Å². The Hall–Kier alpha value is -0.900. The van der Waals surface area contributed by atoms with E-state index >= 15 is 0 Å². The molecule has 0 unspecified atom stereocenters. The van der Waals surface area contributed by atoms with Crippen LogP contribution in [0.25, 0.3) is 0 Å². The highest BCUT2D eigenvalue weighted by Gasteiger charge is 2.47. The van der Waals surface area contributed by atoms with Crippen molar-refractivity contribution in [2.75, 3.05) is 6.54 Å². The quantitative estimate of drug-likeness (QED) is 0.691. The van der Waals surface area contributed by atoms with E-state index in [2.05, 4.69) is 5.32 Å². The molecular formula is C11H18N2O2. The van der Waals surface area contributed by atoms with Crippen molar-refractivity contribution in [3.63, 3.8) is 0 Å². The molecule has 2 saturated carbocycles. The summed E-state index contributed by atoms with van der Waals surface area (Å²) in [5.74, 6) is 0.349. The zero-order valence-electron chi connectivity index (χ0n) is 8.92. The van der Waals surface area contributed by atoms with Gasteiger partial charge >= 0.3 is 0 Å². The Balaban J connectivity index is 1.82. The molecule has 0 aromatic rings. The summed E-state index contributed by atoms with van der Waals surface area (Å²) in [6.07, 6.45) is 5.57. The summed E-state index contributed by atoms with van der Waals surface area (Å²) in [5, 5.41) is 2.89. The smallest absolute Gasteiger partial charge is 0.233 e. The van der Waals surface area contributed by atoms with Gasteiger partial charge in [-0.15, -0.1) is 0 Å². The Kier molecular flexibility index (Phi) is 2.78. The zero-order chi connectivity index (χ0) is 10.9. The maximum absolute atomic E-state index is 11.5. The van der Waals surface area contributed by atoms with E-state index in [4.69, 9.17) is 5.73 Å². The third-order valence-corrected chi connectivity index (χ3v) is 3.92. The molecule has 84 valence electrons. The van der Waals surface area contributed by atoms with E-state index in [-0.39, 0.29) is 23.9 Å². The summed E-state index contributed by atoms with van der Waals surface area (Å²) in [4.78, 5) is 22.6. The highest BCUT2D eigenvalue weighted by Crippen LogP contribution is 2.48. The minimum absolute atomic E-state index is 0.00391. The van der Waals surface area contributed by atoms with Gasteiger partial charge in [-0.05, 0) is 32.1 Å². The molecule has 0 aromatic carbocycles. The fourth-order valence-corrected chi connectivity index (χ4v) is 2.71. The predicted octanol–water partition coefficient (Wildman–Crippen LogP) is 0.353. The number of carbonyl (C=O) groups excluding carboxylic acids is 2. The first-order valence-corrected chi connectivity index (χ1v) is 5.69. The average Bonchev–Trinajstić information content (AvgIpc) is 2.28. The summed E-state index contributed by atoms with van der Waals surface area (Å²) in [6.45, 7) is 0.0561. The van der Waals surface area contributed by atoms with Gasteiger partial charge in [-0.1, -0.05) is 0 Å². The normalized spacial score (nSPS) is 35.0. The van der Waals surface area contributed by atoms with Crippen LogP contribution in [0.1, 0.15) is 38.5 Å². The Labute approximate surface area is 89.6 Å². The molecule has 0 heterocycles. The predicted molar refractivity (Wildman–Crippen MR) is 56.1 cm³/mol. The molecular weight excluding hydrogens is 192 g/mol. The summed E-state index contributed by atoms with van der Waals surface area (Å²) >= 11 is 0. The van der Waals surface area contributed by atoms with Gasteiger partial charge in [0.15, 0.2) is 0 Å². The van der Waals surface area contributed by atoms with Gasteiger partial charge in [-0.2, -0.15) is 0 Å². The fraction of sp³-hybridized carbons (Fsp3) is 0.818. The zero-order valence-corrected chi connectivity index (χ0v) is 8.92. The molecule has 0 atom stereocenters. The van der Waals surface area contributed by atoms with Gasteiger partial charge in [0.2, 0.25) is 5.91 Å². The van der Waals surface area contributed by atoms with Crippen LogP contribution in [-0.4, -0.2) is 24.3 Å². The molecule has 2 fully saturated rings. The largest absolute Gasteiger partial charge is 0.352 e. The highest BCUT2D eigenvalue weighted by molar-refractivity contribution is 5.90. The number of rotatable bonds is 2. The maximum atomic E-state index is 11.5. The Morgan fingerprint density at radius 1 is 1.40 bits per heavy atom. The number of hydrogen-bond acceptors (Lipinski definition) is 3. The Bertz CT molecular complexity index is 280. The van der Waals surface area contributed by atoms with E-state index in [1.54, 1.807) is 0 Å². The standard InChI is InChI=1S/C11H18N2O2/c12-7-10(15)13-8-1-4-11(5-2-8)6-3-9(11)14/h8H,1-7,12H2,(H,13,15). The first-order chi connectivity index (χ1) is 7.16. The third kappa shape index (κ3) is 1.91. The van der Waals surface area contributed by atoms with Gasteiger partial charge in [-0.3, -0.25) is 9.59 Å². The Morgan fingerprint density at radius 2 is 2.07 bits per heavy atom. The van der Waals surface area contributed by atoms with Crippen LogP contribution >= 0.6 is 0 Å². The second-order valence-electron chi connectivity index (χ2n) is 4.75. The van der Waals surface area contributed by atoms with Crippen LogP contribution in [0.15, 0.2) is 0 Å². The van der Waals surface area contributed by atoms with Gasteiger partial charge in [0, 0.05) is 17.9 Å². The van der Waals surface area contributed by atoms with Crippen LogP contribution < -0.4 is 11.1 Å². The van der Waals surface area contributed by atoms with Crippen molar-refractivity contribution in [2.24, 2.45) is 11.1 Å². The van der Waals surface area contributed by atoms with Crippen LogP contribution in [-0.2, 0) is 9.59 Å². The fourth-order valence-electron chi connectivity index (χ4n) is 2.71. The molecule has 0 radical (unpaired) electrons. The van der Waals surface area contributed by atoms with Crippen LogP contribution in [0.5, 0.6) is 0 Å². The van der Waals surface area contributed by atoms with Gasteiger partial charge in [0.1, 0.15) is 5.78 Å². The number of carbonyl (C=O) groups is 2. The molecule has 2 aliphatic rings. The van der Waals surface area contributed by atoms with Gasteiger partial charge < -0.3 is 11.1 Å². The van der Waals surface area contributed by atoms with Crippen molar-refractivity contribution in [3.05, 3.63) is 0 Å². The molecule has 0 bridgehead atoms. The highest BCUT2D eigenvalue weighted by atomic mass is 16.2. The molecule has 1 spiro atoms. The first-order valence-electron chi connectivity index (χ1n) is 5.69. The number of ketones is 1. The molecule has 2 aliphatic carbocycles. The number of nitrogens with one attached hydrogen (secondary N) is 1. The number of hydrogen-bond donors (Lipinski definition) is 2. The topological polar surface area (TPSA) is 72.2 Å². The Morgan fingerprint density at radius 3 is 2.47 bits per heavy atom. The minimum atomic E-state index is -0.0871. The third-order valence-electron chi connectivity index (χ3n) is 3.92. The minimum Gasteiger partial charge on any atom is -0.352 e. The molecule has 0 aliphatic heterocycles. The van der Waals surface area contributed by atoms with Crippen LogP contribution in [0.4, 0.5) is 0 Å². The van der Waals surface area contributed by atoms with Gasteiger partial charge in [-0.25, -0.2) is 0 Å². The lowest BCUT2D eigenvalue weighted by Gasteiger charge is -2.45. The lowest BCUT2D eigenvalue weighted by molar-refractivity contribution is -0.141. The molecule has 1 amide bonds. The summed E-state index contributed by atoms with van der Waals surface area (Å²) in [6, 6.07) is 0.236. The molecule has 4 nitrogen and oxygen atoms in total. The second kappa shape index (κ2) is 3.93. The van der Waals surface area contributed by atoms with Gasteiger partial charge in [0.25, 0.3) is 0 Å². The van der Waals surface area contributed by atoms with Crippen molar-refractivity contribution < 1.29 is 9.59 Å². The van der Waals surface area contributed by atoms with E-state index in [1.807, 2.05) is 0 Å². The van der Waals surface area contributed by atoms with Crippen molar-refractivity contribution in [1.82, 2.24) is 5.32 Å². The van der Waals surface area contributed by atoms with Crippen LogP contribution in [0.2, 0.25) is 0 Å². The first kappa shape index (κ1) is 10.6. The van der Waals surface area contributed by atoms with Crippen LogP contribution in [0, 0.1) is 5.41 Å². The molecule has 4 heteroatoms. The lowest BCUT2D eigenvalue weighted by Crippen LogP contribution is -2.48. The van der Waals surface area contributed by atoms with Crippen molar-refractivity contribution in [3.8, 4) is 0 Å². The van der Waals surface area contributed by atoms with Gasteiger partial charge in [0.05, 0.1) is 6.54 Å². The van der Waals surface area contributed by atoms with Crippen molar-refractivity contribution in [1.29, 1.82) is 0 Å². The van der Waals surface area contributed by atoms with E-state index in [9.17, 15) is 9.59 Å². The monoisotopic (exact) mass is 210 g/mol. The molecule has 3 N–H and O–H groups in total.